The Morgan fingerprint density at radius 3 is 3.12 bits per heavy atom. The molecule has 1 aliphatic carbocycles. The van der Waals surface area contributed by atoms with Crippen LogP contribution in [0.1, 0.15) is 12.8 Å². The standard InChI is InChI=1S/C11H14N2O3/c1-2-6-13(9-3-4-9)11(14)8-15-10-5-7-16-12-10/h2,5,7,9H,1,3-4,6,8H2. The second-order valence-electron chi connectivity index (χ2n) is 3.69. The summed E-state index contributed by atoms with van der Waals surface area (Å²) in [4.78, 5) is 13.6. The maximum absolute atomic E-state index is 11.8. The Hall–Kier alpha value is -1.78. The lowest BCUT2D eigenvalue weighted by atomic mass is 10.4. The van der Waals surface area contributed by atoms with Crippen molar-refractivity contribution in [3.63, 3.8) is 0 Å². The molecule has 0 aliphatic heterocycles. The van der Waals surface area contributed by atoms with Gasteiger partial charge in [0.2, 0.25) is 0 Å². The number of carbonyl (C=O) groups excluding carboxylic acids is 1. The molecule has 2 rings (SSSR count). The normalized spacial score (nSPS) is 14.5. The molecule has 1 heterocycles. The summed E-state index contributed by atoms with van der Waals surface area (Å²) in [6.45, 7) is 4.21. The second-order valence-corrected chi connectivity index (χ2v) is 3.69. The first-order valence-corrected chi connectivity index (χ1v) is 5.25. The number of hydrogen-bond donors (Lipinski definition) is 0. The van der Waals surface area contributed by atoms with Gasteiger partial charge < -0.3 is 14.2 Å². The van der Waals surface area contributed by atoms with Gasteiger partial charge in [-0.1, -0.05) is 6.08 Å². The molecule has 1 amide bonds. The van der Waals surface area contributed by atoms with E-state index >= 15 is 0 Å². The molecule has 0 saturated heterocycles. The van der Waals surface area contributed by atoms with Gasteiger partial charge in [0.1, 0.15) is 6.26 Å². The molecule has 0 radical (unpaired) electrons. The van der Waals surface area contributed by atoms with E-state index in [2.05, 4.69) is 16.3 Å². The third-order valence-corrected chi connectivity index (χ3v) is 2.39. The average Bonchev–Trinajstić information content (AvgIpc) is 2.99. The number of carbonyl (C=O) groups is 1. The molecular formula is C11H14N2O3. The van der Waals surface area contributed by atoms with Crippen molar-refractivity contribution < 1.29 is 14.1 Å². The predicted octanol–water partition coefficient (Wildman–Crippen LogP) is 1.23. The summed E-state index contributed by atoms with van der Waals surface area (Å²) in [6, 6.07) is 1.94. The molecule has 5 heteroatoms. The van der Waals surface area contributed by atoms with E-state index in [1.54, 1.807) is 17.0 Å². The summed E-state index contributed by atoms with van der Waals surface area (Å²) in [6.07, 6.45) is 5.28. The van der Waals surface area contributed by atoms with Crippen LogP contribution in [0.5, 0.6) is 5.88 Å². The molecule has 0 unspecified atom stereocenters. The molecular weight excluding hydrogens is 208 g/mol. The van der Waals surface area contributed by atoms with Gasteiger partial charge in [0.25, 0.3) is 11.8 Å². The monoisotopic (exact) mass is 222 g/mol. The Morgan fingerprint density at radius 2 is 2.56 bits per heavy atom. The smallest absolute Gasteiger partial charge is 0.261 e. The lowest BCUT2D eigenvalue weighted by Crippen LogP contribution is -2.36. The average molecular weight is 222 g/mol. The third kappa shape index (κ3) is 2.62. The minimum absolute atomic E-state index is 0.00310. The van der Waals surface area contributed by atoms with Crippen LogP contribution >= 0.6 is 0 Å². The summed E-state index contributed by atoms with van der Waals surface area (Å²) < 4.78 is 9.78. The Bertz CT molecular complexity index is 357. The van der Waals surface area contributed by atoms with E-state index < -0.39 is 0 Å². The fourth-order valence-electron chi connectivity index (χ4n) is 1.47. The lowest BCUT2D eigenvalue weighted by Gasteiger charge is -2.20. The highest BCUT2D eigenvalue weighted by Gasteiger charge is 2.31. The molecule has 1 aromatic rings. The van der Waals surface area contributed by atoms with Crippen molar-refractivity contribution in [2.24, 2.45) is 0 Å². The van der Waals surface area contributed by atoms with Gasteiger partial charge in [-0.05, 0) is 18.0 Å². The van der Waals surface area contributed by atoms with Crippen molar-refractivity contribution >= 4 is 5.91 Å². The first-order chi connectivity index (χ1) is 7.81. The summed E-state index contributed by atoms with van der Waals surface area (Å²) >= 11 is 0. The molecule has 86 valence electrons. The zero-order valence-electron chi connectivity index (χ0n) is 8.96. The second kappa shape index (κ2) is 4.83. The third-order valence-electron chi connectivity index (χ3n) is 2.39. The van der Waals surface area contributed by atoms with Crippen molar-refractivity contribution in [1.29, 1.82) is 0 Å². The Kier molecular flexibility index (Phi) is 3.24. The van der Waals surface area contributed by atoms with E-state index in [-0.39, 0.29) is 12.5 Å². The van der Waals surface area contributed by atoms with Crippen LogP contribution in [0, 0.1) is 0 Å². The molecule has 0 aromatic carbocycles. The van der Waals surface area contributed by atoms with Gasteiger partial charge in [-0.15, -0.1) is 6.58 Å². The minimum Gasteiger partial charge on any atom is -0.465 e. The maximum Gasteiger partial charge on any atom is 0.261 e. The van der Waals surface area contributed by atoms with Crippen molar-refractivity contribution in [2.45, 2.75) is 18.9 Å². The fraction of sp³-hybridized carbons (Fsp3) is 0.455. The van der Waals surface area contributed by atoms with Crippen LogP contribution in [0.2, 0.25) is 0 Å². The maximum atomic E-state index is 11.8. The van der Waals surface area contributed by atoms with Crippen LogP contribution in [0.4, 0.5) is 0 Å². The van der Waals surface area contributed by atoms with Crippen LogP contribution in [0.3, 0.4) is 0 Å². The van der Waals surface area contributed by atoms with Gasteiger partial charge in [0.15, 0.2) is 6.61 Å². The van der Waals surface area contributed by atoms with Gasteiger partial charge in [0, 0.05) is 18.7 Å². The quantitative estimate of drug-likeness (QED) is 0.679. The molecule has 0 bridgehead atoms. The number of nitrogens with zero attached hydrogens (tertiary/aromatic N) is 2. The number of aromatic nitrogens is 1. The van der Waals surface area contributed by atoms with Gasteiger partial charge in [0.05, 0.1) is 0 Å². The van der Waals surface area contributed by atoms with Crippen molar-refractivity contribution in [3.05, 3.63) is 25.0 Å². The van der Waals surface area contributed by atoms with Crippen LogP contribution in [0.25, 0.3) is 0 Å². The highest BCUT2D eigenvalue weighted by atomic mass is 16.5. The SMILES string of the molecule is C=CCN(C(=O)COc1ccon1)C1CC1. The molecule has 1 aliphatic rings. The summed E-state index contributed by atoms with van der Waals surface area (Å²) in [5.41, 5.74) is 0. The van der Waals surface area contributed by atoms with Crippen molar-refractivity contribution in [1.82, 2.24) is 10.1 Å². The van der Waals surface area contributed by atoms with Crippen LogP contribution in [-0.2, 0) is 4.79 Å². The van der Waals surface area contributed by atoms with E-state index in [0.29, 0.717) is 18.5 Å². The highest BCUT2D eigenvalue weighted by Crippen LogP contribution is 2.26. The zero-order chi connectivity index (χ0) is 11.4. The predicted molar refractivity (Wildman–Crippen MR) is 56.9 cm³/mol. The van der Waals surface area contributed by atoms with Crippen molar-refractivity contribution in [3.8, 4) is 5.88 Å². The van der Waals surface area contributed by atoms with Gasteiger partial charge in [-0.2, -0.15) is 0 Å². The van der Waals surface area contributed by atoms with Crippen LogP contribution in [-0.4, -0.2) is 35.2 Å². The number of amides is 1. The Morgan fingerprint density at radius 1 is 1.75 bits per heavy atom. The number of rotatable bonds is 6. The van der Waals surface area contributed by atoms with E-state index in [4.69, 9.17) is 4.74 Å². The summed E-state index contributed by atoms with van der Waals surface area (Å²) in [7, 11) is 0. The van der Waals surface area contributed by atoms with Crippen LogP contribution in [0.15, 0.2) is 29.5 Å². The zero-order valence-corrected chi connectivity index (χ0v) is 8.96. The Balaban J connectivity index is 1.83. The molecule has 1 fully saturated rings. The largest absolute Gasteiger partial charge is 0.465 e. The first-order valence-electron chi connectivity index (χ1n) is 5.25. The molecule has 1 aromatic heterocycles. The fourth-order valence-corrected chi connectivity index (χ4v) is 1.47. The molecule has 0 atom stereocenters. The molecule has 5 nitrogen and oxygen atoms in total. The minimum atomic E-state index is -0.0367. The number of hydrogen-bond acceptors (Lipinski definition) is 4. The van der Waals surface area contributed by atoms with Gasteiger partial charge >= 0.3 is 0 Å². The summed E-state index contributed by atoms with van der Waals surface area (Å²) in [5.74, 6) is 0.299. The molecule has 16 heavy (non-hydrogen) atoms. The number of ether oxygens (including phenoxy) is 1. The van der Waals surface area contributed by atoms with E-state index in [0.717, 1.165) is 12.8 Å². The molecule has 0 spiro atoms. The Labute approximate surface area is 93.7 Å². The van der Waals surface area contributed by atoms with Gasteiger partial charge in [-0.25, -0.2) is 0 Å². The lowest BCUT2D eigenvalue weighted by molar-refractivity contribution is -0.133. The molecule has 1 saturated carbocycles. The molecule has 0 N–H and O–H groups in total. The first kappa shape index (κ1) is 10.7. The summed E-state index contributed by atoms with van der Waals surface area (Å²) in [5, 5.41) is 3.57. The van der Waals surface area contributed by atoms with Gasteiger partial charge in [-0.3, -0.25) is 4.79 Å². The van der Waals surface area contributed by atoms with E-state index in [1.165, 1.54) is 6.26 Å². The van der Waals surface area contributed by atoms with E-state index in [9.17, 15) is 4.79 Å². The van der Waals surface area contributed by atoms with Crippen molar-refractivity contribution in [2.75, 3.05) is 13.2 Å². The highest BCUT2D eigenvalue weighted by molar-refractivity contribution is 5.78. The topological polar surface area (TPSA) is 55.6 Å². The van der Waals surface area contributed by atoms with E-state index in [1.807, 2.05) is 0 Å². The van der Waals surface area contributed by atoms with Crippen LogP contribution < -0.4 is 4.74 Å².